The molecule has 0 radical (unpaired) electrons. The summed E-state index contributed by atoms with van der Waals surface area (Å²) in [5.74, 6) is 0. The van der Waals surface area contributed by atoms with E-state index in [0.717, 1.165) is 0 Å². The molecule has 0 nitrogen and oxygen atoms in total. The summed E-state index contributed by atoms with van der Waals surface area (Å²) in [5.41, 5.74) is 0.0556. The summed E-state index contributed by atoms with van der Waals surface area (Å²) in [6.07, 6.45) is 4.47. The maximum atomic E-state index is 11.6. The van der Waals surface area contributed by atoms with Crippen LogP contribution in [0.4, 0.5) is 13.2 Å². The van der Waals surface area contributed by atoms with Crippen molar-refractivity contribution in [3.63, 3.8) is 0 Å². The fourth-order valence-electron chi connectivity index (χ4n) is 0.685. The smallest absolute Gasteiger partial charge is 0.180 e. The molecule has 0 aromatic heterocycles. The summed E-state index contributed by atoms with van der Waals surface area (Å²) < 4.78 is 34.9. The van der Waals surface area contributed by atoms with Crippen LogP contribution in [0.2, 0.25) is 0 Å². The van der Waals surface area contributed by atoms with E-state index in [2.05, 4.69) is 0 Å². The first kappa shape index (κ1) is 7.98. The average molecular weight is 158 g/mol. The second-order valence-corrected chi connectivity index (χ2v) is 1.99. The molecular weight excluding hydrogens is 153 g/mol. The van der Waals surface area contributed by atoms with Gasteiger partial charge in [-0.1, -0.05) is 0 Å². The first-order valence-corrected chi connectivity index (χ1v) is 2.98. The van der Waals surface area contributed by atoms with E-state index < -0.39 is 6.18 Å². The van der Waals surface area contributed by atoms with Crippen LogP contribution in [-0.4, -0.2) is 6.18 Å². The van der Waals surface area contributed by atoms with Gasteiger partial charge in [0.2, 0.25) is 0 Å². The van der Waals surface area contributed by atoms with Crippen LogP contribution in [0.5, 0.6) is 0 Å². The highest BCUT2D eigenvalue weighted by molar-refractivity contribution is 5.37. The van der Waals surface area contributed by atoms with E-state index in [1.807, 2.05) is 0 Å². The van der Waals surface area contributed by atoms with Crippen molar-refractivity contribution in [2.75, 3.05) is 0 Å². The Bertz CT molecular complexity index is 204. The number of hydrogen-bond acceptors (Lipinski definition) is 0. The zero-order chi connectivity index (χ0) is 8.32. The molecule has 1 aliphatic carbocycles. The fourth-order valence-corrected chi connectivity index (χ4v) is 0.685. The third-order valence-electron chi connectivity index (χ3n) is 1.06. The zero-order valence-corrected chi connectivity index (χ0v) is 5.52. The Morgan fingerprint density at radius 1 is 1.18 bits per heavy atom. The van der Waals surface area contributed by atoms with Crippen LogP contribution in [0.3, 0.4) is 0 Å². The average Bonchev–Trinajstić information content (AvgIpc) is 1.85. The van der Waals surface area contributed by atoms with Gasteiger partial charge in [-0.15, -0.1) is 0 Å². The summed E-state index contributed by atoms with van der Waals surface area (Å²) in [5, 5.41) is 0. The van der Waals surface area contributed by atoms with Crippen LogP contribution >= 0.6 is 0 Å². The van der Waals surface area contributed by atoms with Crippen molar-refractivity contribution < 1.29 is 13.2 Å². The normalized spacial score (nSPS) is 16.5. The molecule has 0 saturated carbocycles. The van der Waals surface area contributed by atoms with Gasteiger partial charge in [0.25, 0.3) is 0 Å². The second kappa shape index (κ2) is 2.86. The maximum Gasteiger partial charge on any atom is 0.365 e. The van der Waals surface area contributed by atoms with Gasteiger partial charge >= 0.3 is 6.18 Å². The van der Waals surface area contributed by atoms with Gasteiger partial charge in [-0.2, -0.15) is 13.2 Å². The summed E-state index contributed by atoms with van der Waals surface area (Å²) in [6.45, 7) is 0. The molecule has 0 N–H and O–H groups in total. The molecule has 0 aromatic rings. The molecule has 58 valence electrons. The van der Waals surface area contributed by atoms with E-state index >= 15 is 0 Å². The van der Waals surface area contributed by atoms with E-state index in [1.165, 1.54) is 30.4 Å². The molecule has 0 atom stereocenters. The van der Waals surface area contributed by atoms with E-state index in [1.54, 1.807) is 6.42 Å². The number of alkyl halides is 3. The van der Waals surface area contributed by atoms with Gasteiger partial charge in [-0.3, -0.25) is 0 Å². The number of allylic oxidation sites excluding steroid dienone is 6. The van der Waals surface area contributed by atoms with Crippen LogP contribution in [0.25, 0.3) is 0 Å². The highest BCUT2D eigenvalue weighted by Gasteiger charge is 2.20. The van der Waals surface area contributed by atoms with Crippen molar-refractivity contribution in [1.82, 2.24) is 0 Å². The lowest BCUT2D eigenvalue weighted by atomic mass is 10.1. The summed E-state index contributed by atoms with van der Waals surface area (Å²) in [4.78, 5) is 0. The molecule has 11 heavy (non-hydrogen) atoms. The topological polar surface area (TPSA) is 0 Å². The minimum Gasteiger partial charge on any atom is -0.180 e. The third-order valence-corrected chi connectivity index (χ3v) is 1.06. The van der Waals surface area contributed by atoms with Gasteiger partial charge in [-0.05, 0) is 6.08 Å². The van der Waals surface area contributed by atoms with Gasteiger partial charge in [0.1, 0.15) is 0 Å². The molecular formula is C8H5F3. The van der Waals surface area contributed by atoms with Crippen molar-refractivity contribution in [3.05, 3.63) is 42.4 Å². The third kappa shape index (κ3) is 2.98. The van der Waals surface area contributed by atoms with Gasteiger partial charge in [-0.25, -0.2) is 0 Å². The Hall–Kier alpha value is -1.12. The molecule has 3 heteroatoms. The van der Waals surface area contributed by atoms with Crippen LogP contribution in [-0.2, 0) is 0 Å². The molecule has 0 spiro atoms. The van der Waals surface area contributed by atoms with Gasteiger partial charge in [0, 0.05) is 36.3 Å². The van der Waals surface area contributed by atoms with E-state index in [9.17, 15) is 13.2 Å². The second-order valence-electron chi connectivity index (χ2n) is 1.99. The largest absolute Gasteiger partial charge is 0.365 e. The van der Waals surface area contributed by atoms with Crippen molar-refractivity contribution in [2.24, 2.45) is 0 Å². The highest BCUT2D eigenvalue weighted by atomic mass is 19.4. The summed E-state index contributed by atoms with van der Waals surface area (Å²) in [6, 6.07) is 0. The molecule has 0 saturated heterocycles. The first-order valence-electron chi connectivity index (χ1n) is 2.98. The molecule has 1 rings (SSSR count). The monoisotopic (exact) mass is 158 g/mol. The molecule has 0 fully saturated rings. The zero-order valence-electron chi connectivity index (χ0n) is 5.52. The van der Waals surface area contributed by atoms with E-state index in [4.69, 9.17) is 0 Å². The summed E-state index contributed by atoms with van der Waals surface area (Å²) >= 11 is 0. The standard InChI is InChI=1S/C8H5F3/c9-8(10,11)6-7-4-2-1-3-5-7/h1-5H. The molecule has 0 bridgehead atoms. The molecule has 0 amide bonds. The quantitative estimate of drug-likeness (QED) is 0.475. The molecule has 0 heterocycles. The predicted octanol–water partition coefficient (Wildman–Crippen LogP) is 2.61. The molecule has 1 aliphatic rings. The Balaban J connectivity index is 2.73. The van der Waals surface area contributed by atoms with Gasteiger partial charge in [0.05, 0.1) is 0 Å². The summed E-state index contributed by atoms with van der Waals surface area (Å²) in [7, 11) is 0. The van der Waals surface area contributed by atoms with Gasteiger partial charge in [0.15, 0.2) is 0 Å². The molecule has 0 aliphatic heterocycles. The van der Waals surface area contributed by atoms with Crippen LogP contribution in [0.1, 0.15) is 0 Å². The SMILES string of the molecule is FC(F)(F)[C-]=C1C=C[CH+]C=C1. The van der Waals surface area contributed by atoms with Crippen molar-refractivity contribution in [3.8, 4) is 0 Å². The van der Waals surface area contributed by atoms with E-state index in [0.29, 0.717) is 0 Å². The highest BCUT2D eigenvalue weighted by Crippen LogP contribution is 2.19. The lowest BCUT2D eigenvalue weighted by Crippen LogP contribution is -2.03. The fraction of sp³-hybridized carbons (Fsp3) is 0.125. The van der Waals surface area contributed by atoms with Crippen LogP contribution in [0, 0.1) is 12.5 Å². The minimum absolute atomic E-state index is 0.0556. The Morgan fingerprint density at radius 2 is 1.73 bits per heavy atom. The molecule has 0 unspecified atom stereocenters. The lowest BCUT2D eigenvalue weighted by Gasteiger charge is -2.01. The molecule has 0 aromatic carbocycles. The Morgan fingerprint density at radius 3 is 2.18 bits per heavy atom. The van der Waals surface area contributed by atoms with Crippen molar-refractivity contribution >= 4 is 0 Å². The minimum atomic E-state index is -4.35. The number of rotatable bonds is 0. The first-order chi connectivity index (χ1) is 5.08. The predicted molar refractivity (Wildman–Crippen MR) is 35.4 cm³/mol. The maximum absolute atomic E-state index is 11.6. The number of halogens is 3. The lowest BCUT2D eigenvalue weighted by molar-refractivity contribution is -0.0879. The van der Waals surface area contributed by atoms with Crippen LogP contribution < -0.4 is 0 Å². The van der Waals surface area contributed by atoms with Crippen molar-refractivity contribution in [1.29, 1.82) is 0 Å². The number of hydrogen-bond donors (Lipinski definition) is 0. The van der Waals surface area contributed by atoms with E-state index in [-0.39, 0.29) is 5.57 Å². The Labute approximate surface area is 62.7 Å². The Kier molecular flexibility index (Phi) is 2.08. The van der Waals surface area contributed by atoms with Gasteiger partial charge < -0.3 is 0 Å². The van der Waals surface area contributed by atoms with Crippen molar-refractivity contribution in [2.45, 2.75) is 6.18 Å². The van der Waals surface area contributed by atoms with Crippen LogP contribution in [0.15, 0.2) is 29.9 Å².